The zero-order chi connectivity index (χ0) is 22.1. The lowest BCUT2D eigenvalue weighted by Gasteiger charge is -2.13. The Hall–Kier alpha value is -2.62. The zero-order valence-electron chi connectivity index (χ0n) is 20.2. The highest BCUT2D eigenvalue weighted by molar-refractivity contribution is 5.81. The van der Waals surface area contributed by atoms with Gasteiger partial charge in [0.2, 0.25) is 12.7 Å². The van der Waals surface area contributed by atoms with Crippen LogP contribution in [0.25, 0.3) is 0 Å². The monoisotopic (exact) mass is 418 g/mol. The van der Waals surface area contributed by atoms with Crippen LogP contribution < -0.4 is 9.80 Å². The summed E-state index contributed by atoms with van der Waals surface area (Å²) in [7, 11) is 0. The molecule has 0 atom stereocenters. The van der Waals surface area contributed by atoms with Crippen molar-refractivity contribution in [2.24, 2.45) is 0 Å². The van der Waals surface area contributed by atoms with E-state index in [1.807, 2.05) is 0 Å². The minimum absolute atomic E-state index is 1.08. The minimum Gasteiger partial charge on any atom is -0.264 e. The number of hydrogen-bond acceptors (Lipinski definition) is 2. The van der Waals surface area contributed by atoms with E-state index in [0.717, 1.165) is 39.3 Å². The van der Waals surface area contributed by atoms with Crippen molar-refractivity contribution in [2.45, 2.75) is 48.0 Å². The molecule has 4 rings (SSSR count). The summed E-state index contributed by atoms with van der Waals surface area (Å²) in [5.74, 6) is 0. The maximum absolute atomic E-state index is 2.49. The summed E-state index contributed by atoms with van der Waals surface area (Å²) in [6, 6.07) is 9.19. The summed E-state index contributed by atoms with van der Waals surface area (Å²) < 4.78 is 4.97. The molecule has 2 aromatic rings. The molecule has 0 unspecified atom stereocenters. The van der Waals surface area contributed by atoms with E-state index >= 15 is 0 Å². The smallest absolute Gasteiger partial charge is 0.239 e. The summed E-state index contributed by atoms with van der Waals surface area (Å²) >= 11 is 0. The van der Waals surface area contributed by atoms with Gasteiger partial charge in [0.25, 0.3) is 0 Å². The fourth-order valence-electron chi connectivity index (χ4n) is 5.50. The van der Waals surface area contributed by atoms with E-state index in [9.17, 15) is 0 Å². The molecule has 0 radical (unpaired) electrons. The highest BCUT2D eigenvalue weighted by atomic mass is 15.3. The number of rotatable bonds is 6. The number of benzene rings is 2. The van der Waals surface area contributed by atoms with Gasteiger partial charge in [-0.2, -0.15) is 0 Å². The minimum atomic E-state index is 1.08. The lowest BCUT2D eigenvalue weighted by Crippen LogP contribution is -2.21. The summed E-state index contributed by atoms with van der Waals surface area (Å²) in [5.41, 5.74) is 11.0. The van der Waals surface area contributed by atoms with Crippen LogP contribution in [0.1, 0.15) is 39.8 Å². The average molecular weight is 419 g/mol. The van der Waals surface area contributed by atoms with Crippen LogP contribution in [-0.2, 0) is 0 Å². The highest BCUT2D eigenvalue weighted by Gasteiger charge is 2.26. The summed E-state index contributed by atoms with van der Waals surface area (Å²) in [5, 5.41) is 0. The Morgan fingerprint density at radius 1 is 0.613 bits per heavy atom. The predicted molar refractivity (Wildman–Crippen MR) is 133 cm³/mol. The third-order valence-corrected chi connectivity index (χ3v) is 6.60. The van der Waals surface area contributed by atoms with Gasteiger partial charge in [0, 0.05) is 6.42 Å². The molecule has 2 aliphatic heterocycles. The molecule has 4 nitrogen and oxygen atoms in total. The molecule has 0 saturated carbocycles. The van der Waals surface area contributed by atoms with Gasteiger partial charge in [0.15, 0.2) is 0 Å². The summed E-state index contributed by atoms with van der Waals surface area (Å²) in [4.78, 5) is 4.88. The van der Waals surface area contributed by atoms with Crippen LogP contribution in [0.2, 0.25) is 0 Å². The molecule has 0 N–H and O–H groups in total. The van der Waals surface area contributed by atoms with E-state index in [2.05, 4.69) is 97.4 Å². The molecule has 2 aromatic carbocycles. The van der Waals surface area contributed by atoms with Crippen molar-refractivity contribution >= 4 is 24.1 Å². The van der Waals surface area contributed by atoms with Crippen LogP contribution >= 0.6 is 0 Å². The van der Waals surface area contributed by atoms with Crippen molar-refractivity contribution in [1.82, 2.24) is 0 Å². The Morgan fingerprint density at radius 3 is 1.32 bits per heavy atom. The Bertz CT molecular complexity index is 918. The first-order chi connectivity index (χ1) is 14.8. The van der Waals surface area contributed by atoms with Crippen molar-refractivity contribution in [3.05, 3.63) is 57.6 Å². The molecule has 2 heterocycles. The average Bonchev–Trinajstić information content (AvgIpc) is 3.30. The Morgan fingerprint density at radius 2 is 0.968 bits per heavy atom. The van der Waals surface area contributed by atoms with E-state index in [-0.39, 0.29) is 0 Å². The van der Waals surface area contributed by atoms with Crippen LogP contribution in [0.15, 0.2) is 24.3 Å². The first kappa shape index (κ1) is 21.6. The second-order valence-electron chi connectivity index (χ2n) is 9.54. The maximum atomic E-state index is 2.49. The van der Waals surface area contributed by atoms with Gasteiger partial charge in [-0.05, 0) is 63.8 Å². The van der Waals surface area contributed by atoms with E-state index < -0.39 is 0 Å². The van der Waals surface area contributed by atoms with E-state index in [0.29, 0.717) is 0 Å². The lowest BCUT2D eigenvalue weighted by atomic mass is 10.0. The fourth-order valence-corrected chi connectivity index (χ4v) is 5.50. The normalized spacial score (nSPS) is 16.2. The molecule has 0 fully saturated rings. The standard InChI is InChI=1S/C27H38N4/c1-20-14-22(3)26(23(4)15-20)30-12-10-28(18-30)8-7-9-29-11-13-31(19-29)27-24(5)16-21(2)17-25(27)6/h14-19H,7-13H2,1-6H3/q+2. The number of nitrogens with zero attached hydrogens (tertiary/aromatic N) is 4. The van der Waals surface area contributed by atoms with E-state index in [1.165, 1.54) is 51.2 Å². The number of aryl methyl sites for hydroxylation is 6. The highest BCUT2D eigenvalue weighted by Crippen LogP contribution is 2.27. The quantitative estimate of drug-likeness (QED) is 0.647. The van der Waals surface area contributed by atoms with Crippen molar-refractivity contribution in [1.29, 1.82) is 0 Å². The zero-order valence-corrected chi connectivity index (χ0v) is 20.2. The van der Waals surface area contributed by atoms with Crippen molar-refractivity contribution in [3.8, 4) is 0 Å². The molecule has 0 bridgehead atoms. The largest absolute Gasteiger partial charge is 0.264 e. The van der Waals surface area contributed by atoms with Crippen LogP contribution in [0.5, 0.6) is 0 Å². The van der Waals surface area contributed by atoms with Gasteiger partial charge in [-0.3, -0.25) is 9.15 Å². The SMILES string of the molecule is Cc1cc(C)c(N2C=[N+](CCC[N+]3=CN(c4c(C)cc(C)cc4C)CC3)CC2)c(C)c1. The van der Waals surface area contributed by atoms with Gasteiger partial charge in [-0.25, -0.2) is 9.80 Å². The third kappa shape index (κ3) is 4.68. The van der Waals surface area contributed by atoms with E-state index in [4.69, 9.17) is 0 Å². The van der Waals surface area contributed by atoms with Gasteiger partial charge < -0.3 is 0 Å². The molecule has 164 valence electrons. The fraction of sp³-hybridized carbons (Fsp3) is 0.481. The topological polar surface area (TPSA) is 12.5 Å². The number of hydrogen-bond donors (Lipinski definition) is 0. The molecule has 0 spiro atoms. The molecule has 0 amide bonds. The molecule has 0 aliphatic carbocycles. The van der Waals surface area contributed by atoms with Crippen molar-refractivity contribution in [2.75, 3.05) is 49.1 Å². The molecular formula is C27H38N4+2. The first-order valence-electron chi connectivity index (χ1n) is 11.7. The molecule has 31 heavy (non-hydrogen) atoms. The number of anilines is 2. The van der Waals surface area contributed by atoms with Crippen LogP contribution in [-0.4, -0.2) is 61.1 Å². The lowest BCUT2D eigenvalue weighted by molar-refractivity contribution is -0.542. The second kappa shape index (κ2) is 8.86. The molecule has 4 heteroatoms. The summed E-state index contributed by atoms with van der Waals surface area (Å²) in [6.07, 6.45) is 5.86. The van der Waals surface area contributed by atoms with Gasteiger partial charge in [-0.1, -0.05) is 35.4 Å². The second-order valence-corrected chi connectivity index (χ2v) is 9.54. The maximum Gasteiger partial charge on any atom is 0.239 e. The van der Waals surface area contributed by atoms with Crippen LogP contribution in [0, 0.1) is 41.5 Å². The molecule has 0 saturated heterocycles. The van der Waals surface area contributed by atoms with Gasteiger partial charge in [0.1, 0.15) is 37.6 Å². The Balaban J connectivity index is 1.35. The van der Waals surface area contributed by atoms with E-state index in [1.54, 1.807) is 0 Å². The van der Waals surface area contributed by atoms with Gasteiger partial charge in [0.05, 0.1) is 13.1 Å². The van der Waals surface area contributed by atoms with Crippen molar-refractivity contribution < 1.29 is 9.15 Å². The van der Waals surface area contributed by atoms with Crippen LogP contribution in [0.4, 0.5) is 11.4 Å². The predicted octanol–water partition coefficient (Wildman–Crippen LogP) is 4.35. The first-order valence-corrected chi connectivity index (χ1v) is 11.7. The van der Waals surface area contributed by atoms with Crippen molar-refractivity contribution in [3.63, 3.8) is 0 Å². The molecule has 2 aliphatic rings. The third-order valence-electron chi connectivity index (χ3n) is 6.60. The molecule has 0 aromatic heterocycles. The van der Waals surface area contributed by atoms with Gasteiger partial charge in [-0.15, -0.1) is 0 Å². The Kier molecular flexibility index (Phi) is 6.17. The Labute approximate surface area is 188 Å². The molecular weight excluding hydrogens is 380 g/mol. The van der Waals surface area contributed by atoms with Crippen LogP contribution in [0.3, 0.4) is 0 Å². The van der Waals surface area contributed by atoms with Gasteiger partial charge >= 0.3 is 0 Å². The summed E-state index contributed by atoms with van der Waals surface area (Å²) in [6.45, 7) is 19.9.